The number of carbonyl (C=O) groups excluding carboxylic acids is 1. The van der Waals surface area contributed by atoms with E-state index in [9.17, 15) is 10.1 Å². The van der Waals surface area contributed by atoms with Crippen molar-refractivity contribution in [3.63, 3.8) is 0 Å². The smallest absolute Gasteiger partial charge is 0.323 e. The van der Waals surface area contributed by atoms with Gasteiger partial charge >= 0.3 is 5.97 Å². The number of esters is 1. The van der Waals surface area contributed by atoms with E-state index in [1.165, 1.54) is 22.5 Å². The third-order valence-electron chi connectivity index (χ3n) is 6.35. The lowest BCUT2D eigenvalue weighted by Gasteiger charge is -2.13. The van der Waals surface area contributed by atoms with Gasteiger partial charge in [-0.3, -0.25) is 4.79 Å². The molecule has 0 radical (unpaired) electrons. The zero-order valence-electron chi connectivity index (χ0n) is 20.6. The van der Waals surface area contributed by atoms with Gasteiger partial charge in [-0.25, -0.2) is 0 Å². The predicted molar refractivity (Wildman–Crippen MR) is 139 cm³/mol. The van der Waals surface area contributed by atoms with Crippen LogP contribution in [0.2, 0.25) is 0 Å². The number of nitrogens with zero attached hydrogens (tertiary/aromatic N) is 3. The van der Waals surface area contributed by atoms with Crippen molar-refractivity contribution in [1.29, 1.82) is 5.26 Å². The minimum Gasteiger partial charge on any atom is -0.464 e. The maximum Gasteiger partial charge on any atom is 0.323 e. The monoisotopic (exact) mass is 488 g/mol. The van der Waals surface area contributed by atoms with Crippen molar-refractivity contribution < 1.29 is 9.53 Å². The molecule has 6 nitrogen and oxygen atoms in total. The summed E-state index contributed by atoms with van der Waals surface area (Å²) in [7, 11) is 0. The van der Waals surface area contributed by atoms with E-state index in [0.717, 1.165) is 58.9 Å². The first-order valence-corrected chi connectivity index (χ1v) is 13.2. The van der Waals surface area contributed by atoms with Gasteiger partial charge in [0, 0.05) is 17.5 Å². The third kappa shape index (κ3) is 5.95. The maximum atomic E-state index is 12.2. The second kappa shape index (κ2) is 11.6. The lowest BCUT2D eigenvalue weighted by Crippen LogP contribution is -2.32. The fraction of sp³-hybridized carbons (Fsp3) is 0.429. The summed E-state index contributed by atoms with van der Waals surface area (Å²) in [6, 6.07) is 14.4. The molecule has 0 aliphatic carbocycles. The summed E-state index contributed by atoms with van der Waals surface area (Å²) < 4.78 is 5.54. The van der Waals surface area contributed by atoms with Crippen molar-refractivity contribution in [2.24, 2.45) is 5.92 Å². The lowest BCUT2D eigenvalue weighted by molar-refractivity contribution is -0.145. The fourth-order valence-corrected chi connectivity index (χ4v) is 5.51. The molecule has 0 bridgehead atoms. The highest BCUT2D eigenvalue weighted by Crippen LogP contribution is 2.34. The van der Waals surface area contributed by atoms with Crippen LogP contribution in [0.3, 0.4) is 0 Å². The van der Waals surface area contributed by atoms with E-state index in [4.69, 9.17) is 4.74 Å². The first-order chi connectivity index (χ1) is 17.0. The summed E-state index contributed by atoms with van der Waals surface area (Å²) in [4.78, 5) is 12.2. The molecule has 0 spiro atoms. The molecule has 7 heteroatoms. The van der Waals surface area contributed by atoms with Gasteiger partial charge in [0.15, 0.2) is 0 Å². The number of nitrogens with one attached hydrogen (secondary N) is 1. The zero-order chi connectivity index (χ0) is 24.8. The highest BCUT2D eigenvalue weighted by atomic mass is 32.1. The van der Waals surface area contributed by atoms with Gasteiger partial charge in [-0.1, -0.05) is 62.4 Å². The number of nitriles is 1. The highest BCUT2D eigenvalue weighted by Gasteiger charge is 2.23. The Kier molecular flexibility index (Phi) is 8.27. The first kappa shape index (κ1) is 25.0. The molecule has 0 unspecified atom stereocenters. The summed E-state index contributed by atoms with van der Waals surface area (Å²) in [5.41, 5.74) is 6.12. The Morgan fingerprint density at radius 1 is 1.23 bits per heavy atom. The van der Waals surface area contributed by atoms with Crippen LogP contribution in [0.4, 0.5) is 0 Å². The fourth-order valence-electron chi connectivity index (χ4n) is 4.61. The first-order valence-electron chi connectivity index (χ1n) is 12.4. The Morgan fingerprint density at radius 3 is 2.77 bits per heavy atom. The van der Waals surface area contributed by atoms with Gasteiger partial charge in [0.05, 0.1) is 18.2 Å². The quantitative estimate of drug-likeness (QED) is 0.409. The molecule has 3 aromatic rings. The van der Waals surface area contributed by atoms with Crippen LogP contribution in [0.5, 0.6) is 0 Å². The van der Waals surface area contributed by atoms with Gasteiger partial charge in [0.25, 0.3) is 0 Å². The highest BCUT2D eigenvalue weighted by molar-refractivity contribution is 7.17. The summed E-state index contributed by atoms with van der Waals surface area (Å²) in [5, 5.41) is 23.4. The molecule has 2 aromatic carbocycles. The second-order valence-corrected chi connectivity index (χ2v) is 10.3. The van der Waals surface area contributed by atoms with Gasteiger partial charge < -0.3 is 10.1 Å². The Hall–Kier alpha value is -3.08. The molecule has 1 fully saturated rings. The molecule has 1 aromatic heterocycles. The molecular formula is C28H32N4O2S. The largest absolute Gasteiger partial charge is 0.464 e. The topological polar surface area (TPSA) is 87.9 Å². The Labute approximate surface area is 211 Å². The van der Waals surface area contributed by atoms with E-state index in [0.29, 0.717) is 24.5 Å². The molecule has 1 N–H and O–H groups in total. The van der Waals surface area contributed by atoms with E-state index in [-0.39, 0.29) is 12.0 Å². The number of hydrogen-bond donors (Lipinski definition) is 1. The van der Waals surface area contributed by atoms with Gasteiger partial charge in [-0.15, -0.1) is 10.2 Å². The van der Waals surface area contributed by atoms with Crippen LogP contribution in [0.25, 0.3) is 21.1 Å². The van der Waals surface area contributed by atoms with Gasteiger partial charge in [0.1, 0.15) is 16.1 Å². The van der Waals surface area contributed by atoms with Crippen molar-refractivity contribution in [1.82, 2.24) is 15.5 Å². The molecule has 0 saturated carbocycles. The van der Waals surface area contributed by atoms with Crippen LogP contribution in [0.1, 0.15) is 55.9 Å². The zero-order valence-corrected chi connectivity index (χ0v) is 21.5. The van der Waals surface area contributed by atoms with Crippen LogP contribution < -0.4 is 5.32 Å². The van der Waals surface area contributed by atoms with Gasteiger partial charge in [-0.2, -0.15) is 5.26 Å². The maximum absolute atomic E-state index is 12.2. The molecular weight excluding hydrogens is 456 g/mol. The van der Waals surface area contributed by atoms with Gasteiger partial charge in [0.2, 0.25) is 0 Å². The van der Waals surface area contributed by atoms with Crippen molar-refractivity contribution in [2.45, 2.75) is 58.9 Å². The minimum atomic E-state index is -0.159. The number of hydrogen-bond acceptors (Lipinski definition) is 7. The molecule has 1 aliphatic rings. The molecule has 1 saturated heterocycles. The number of aromatic nitrogens is 2. The molecule has 0 amide bonds. The van der Waals surface area contributed by atoms with Crippen LogP contribution >= 0.6 is 11.3 Å². The molecule has 1 atom stereocenters. The standard InChI is InChI=1S/C28H32N4O2S/c1-4-23-19(12-14-34-28(33)25-9-6-13-30-25)7-5-8-24(23)27-32-31-26(35-27)21-11-10-20(15-18(2)3)22(16-21)17-29/h5,7-8,10-11,16,18,25,30H,4,6,9,12-15H2,1-3H3/t25-/m1/s1. The van der Waals surface area contributed by atoms with Crippen molar-refractivity contribution >= 4 is 17.3 Å². The normalized spacial score (nSPS) is 15.3. The molecule has 4 rings (SSSR count). The van der Waals surface area contributed by atoms with E-state index < -0.39 is 0 Å². The SMILES string of the molecule is CCc1c(CCOC(=O)[C@H]2CCCN2)cccc1-c1nnc(-c2ccc(CC(C)C)c(C#N)c2)s1. The summed E-state index contributed by atoms with van der Waals surface area (Å²) in [5.74, 6) is 0.338. The molecule has 1 aliphatic heterocycles. The molecule has 2 heterocycles. The number of rotatable bonds is 9. The van der Waals surface area contributed by atoms with Crippen LogP contribution in [0, 0.1) is 17.2 Å². The Morgan fingerprint density at radius 2 is 2.06 bits per heavy atom. The van der Waals surface area contributed by atoms with Crippen molar-refractivity contribution in [3.05, 3.63) is 58.7 Å². The van der Waals surface area contributed by atoms with Gasteiger partial charge in [-0.05, 0) is 60.9 Å². The molecule has 182 valence electrons. The Bertz CT molecular complexity index is 1220. The van der Waals surface area contributed by atoms with E-state index >= 15 is 0 Å². The number of carbonyl (C=O) groups is 1. The number of ether oxygens (including phenoxy) is 1. The molecule has 35 heavy (non-hydrogen) atoms. The van der Waals surface area contributed by atoms with Crippen LogP contribution in [0.15, 0.2) is 36.4 Å². The van der Waals surface area contributed by atoms with E-state index in [2.05, 4.69) is 54.5 Å². The van der Waals surface area contributed by atoms with Crippen LogP contribution in [-0.4, -0.2) is 35.4 Å². The summed E-state index contributed by atoms with van der Waals surface area (Å²) in [6.45, 7) is 7.69. The van der Waals surface area contributed by atoms with E-state index in [1.807, 2.05) is 24.3 Å². The minimum absolute atomic E-state index is 0.151. The third-order valence-corrected chi connectivity index (χ3v) is 7.35. The second-order valence-electron chi connectivity index (χ2n) is 9.36. The average molecular weight is 489 g/mol. The Balaban J connectivity index is 1.51. The predicted octanol–water partition coefficient (Wildman–Crippen LogP) is 5.34. The van der Waals surface area contributed by atoms with Crippen LogP contribution in [-0.2, 0) is 28.8 Å². The summed E-state index contributed by atoms with van der Waals surface area (Å²) >= 11 is 1.54. The average Bonchev–Trinajstić information content (AvgIpc) is 3.56. The van der Waals surface area contributed by atoms with Crippen molar-refractivity contribution in [2.75, 3.05) is 13.2 Å². The van der Waals surface area contributed by atoms with Crippen molar-refractivity contribution in [3.8, 4) is 27.2 Å². The lowest BCUT2D eigenvalue weighted by atomic mass is 9.97. The summed E-state index contributed by atoms with van der Waals surface area (Å²) in [6.07, 6.45) is 4.27. The number of benzene rings is 2. The van der Waals surface area contributed by atoms with E-state index in [1.54, 1.807) is 0 Å².